The molecule has 2 heterocycles. The lowest BCUT2D eigenvalue weighted by Crippen LogP contribution is -2.48. The minimum Gasteiger partial charge on any atom is -0.334 e. The van der Waals surface area contributed by atoms with Crippen LogP contribution in [-0.4, -0.2) is 42.0 Å². The monoisotopic (exact) mass is 247 g/mol. The average molecular weight is 247 g/mol. The highest BCUT2D eigenvalue weighted by molar-refractivity contribution is 5.95. The molecule has 0 aliphatic carbocycles. The van der Waals surface area contributed by atoms with Gasteiger partial charge in [0.1, 0.15) is 0 Å². The zero-order valence-corrected chi connectivity index (χ0v) is 11.1. The molecule has 0 aromatic carbocycles. The molecule has 1 unspecified atom stereocenters. The van der Waals surface area contributed by atoms with Crippen LogP contribution in [0.15, 0.2) is 18.5 Å². The summed E-state index contributed by atoms with van der Waals surface area (Å²) >= 11 is 0. The second-order valence-corrected chi connectivity index (χ2v) is 4.90. The van der Waals surface area contributed by atoms with Crippen molar-refractivity contribution in [1.29, 1.82) is 0 Å². The Morgan fingerprint density at radius 3 is 3.11 bits per heavy atom. The Morgan fingerprint density at radius 2 is 2.39 bits per heavy atom. The first-order chi connectivity index (χ1) is 8.74. The summed E-state index contributed by atoms with van der Waals surface area (Å²) in [7, 11) is 1.94. The van der Waals surface area contributed by atoms with Crippen molar-refractivity contribution in [3.8, 4) is 0 Å². The predicted octanol–water partition coefficient (Wildman–Crippen LogP) is 1.60. The van der Waals surface area contributed by atoms with Crippen LogP contribution >= 0.6 is 0 Å². The maximum atomic E-state index is 12.6. The molecule has 4 heteroatoms. The summed E-state index contributed by atoms with van der Waals surface area (Å²) < 4.78 is 0. The summed E-state index contributed by atoms with van der Waals surface area (Å²) in [4.78, 5) is 18.6. The number of pyridine rings is 1. The number of carbonyl (C=O) groups excluding carboxylic acids is 1. The fourth-order valence-electron chi connectivity index (χ4n) is 2.58. The van der Waals surface area contributed by atoms with Crippen molar-refractivity contribution in [1.82, 2.24) is 15.2 Å². The van der Waals surface area contributed by atoms with Crippen molar-refractivity contribution >= 4 is 5.91 Å². The van der Waals surface area contributed by atoms with Crippen molar-refractivity contribution in [2.24, 2.45) is 0 Å². The second-order valence-electron chi connectivity index (χ2n) is 4.90. The number of piperidine rings is 1. The molecule has 1 aromatic rings. The van der Waals surface area contributed by atoms with Crippen LogP contribution < -0.4 is 5.32 Å². The first-order valence-corrected chi connectivity index (χ1v) is 6.60. The minimum absolute atomic E-state index is 0.148. The summed E-state index contributed by atoms with van der Waals surface area (Å²) in [6, 6.07) is 2.15. The molecule has 1 amide bonds. The first-order valence-electron chi connectivity index (χ1n) is 6.60. The van der Waals surface area contributed by atoms with Crippen LogP contribution in [0.5, 0.6) is 0 Å². The molecule has 98 valence electrons. The van der Waals surface area contributed by atoms with E-state index in [4.69, 9.17) is 0 Å². The molecule has 0 radical (unpaired) electrons. The molecule has 0 bridgehead atoms. The van der Waals surface area contributed by atoms with Crippen molar-refractivity contribution in [2.45, 2.75) is 32.2 Å². The average Bonchev–Trinajstić information content (AvgIpc) is 2.40. The van der Waals surface area contributed by atoms with Gasteiger partial charge in [0.15, 0.2) is 0 Å². The molecule has 1 fully saturated rings. The number of carbonyl (C=O) groups is 1. The number of rotatable bonds is 3. The van der Waals surface area contributed by atoms with Crippen LogP contribution in [-0.2, 0) is 0 Å². The number of nitrogens with one attached hydrogen (secondary N) is 1. The second kappa shape index (κ2) is 5.96. The van der Waals surface area contributed by atoms with Gasteiger partial charge >= 0.3 is 0 Å². The van der Waals surface area contributed by atoms with Crippen LogP contribution in [0, 0.1) is 6.92 Å². The van der Waals surface area contributed by atoms with Crippen LogP contribution in [0.25, 0.3) is 0 Å². The van der Waals surface area contributed by atoms with Gasteiger partial charge in [-0.15, -0.1) is 0 Å². The van der Waals surface area contributed by atoms with Crippen LogP contribution in [0.1, 0.15) is 35.2 Å². The lowest BCUT2D eigenvalue weighted by Gasteiger charge is -2.36. The van der Waals surface area contributed by atoms with Gasteiger partial charge in [-0.3, -0.25) is 9.78 Å². The highest BCUT2D eigenvalue weighted by Crippen LogP contribution is 2.20. The number of aryl methyl sites for hydroxylation is 1. The third kappa shape index (κ3) is 2.70. The van der Waals surface area contributed by atoms with Gasteiger partial charge in [0, 0.05) is 37.1 Å². The lowest BCUT2D eigenvalue weighted by atomic mass is 10.00. The smallest absolute Gasteiger partial charge is 0.254 e. The molecule has 2 rings (SSSR count). The largest absolute Gasteiger partial charge is 0.334 e. The van der Waals surface area contributed by atoms with Gasteiger partial charge in [-0.2, -0.15) is 0 Å². The normalized spacial score (nSPS) is 19.9. The predicted molar refractivity (Wildman–Crippen MR) is 71.6 cm³/mol. The molecular weight excluding hydrogens is 226 g/mol. The third-order valence-electron chi connectivity index (χ3n) is 3.58. The maximum Gasteiger partial charge on any atom is 0.254 e. The summed E-state index contributed by atoms with van der Waals surface area (Å²) in [5.74, 6) is 0.148. The van der Waals surface area contributed by atoms with E-state index in [1.54, 1.807) is 12.4 Å². The van der Waals surface area contributed by atoms with Crippen molar-refractivity contribution < 1.29 is 4.79 Å². The highest BCUT2D eigenvalue weighted by Gasteiger charge is 2.27. The molecule has 0 spiro atoms. The van der Waals surface area contributed by atoms with E-state index in [0.29, 0.717) is 6.04 Å². The summed E-state index contributed by atoms with van der Waals surface area (Å²) in [6.45, 7) is 3.68. The maximum absolute atomic E-state index is 12.6. The van der Waals surface area contributed by atoms with Crippen molar-refractivity contribution in [2.75, 3.05) is 20.1 Å². The number of aromatic nitrogens is 1. The fourth-order valence-corrected chi connectivity index (χ4v) is 2.58. The van der Waals surface area contributed by atoms with Crippen LogP contribution in [0.3, 0.4) is 0 Å². The van der Waals surface area contributed by atoms with Gasteiger partial charge < -0.3 is 10.2 Å². The molecular formula is C14H21N3O. The van der Waals surface area contributed by atoms with E-state index in [0.717, 1.165) is 37.1 Å². The number of hydrogen-bond donors (Lipinski definition) is 1. The molecule has 1 N–H and O–H groups in total. The SMILES string of the molecule is CNCC1CCCCN1C(=O)c1ccncc1C. The third-order valence-corrected chi connectivity index (χ3v) is 3.58. The Hall–Kier alpha value is -1.42. The molecule has 1 atom stereocenters. The van der Waals surface area contributed by atoms with E-state index in [1.165, 1.54) is 6.42 Å². The quantitative estimate of drug-likeness (QED) is 0.882. The van der Waals surface area contributed by atoms with E-state index in [-0.39, 0.29) is 5.91 Å². The molecule has 1 aliphatic heterocycles. The van der Waals surface area contributed by atoms with E-state index in [1.807, 2.05) is 24.9 Å². The summed E-state index contributed by atoms with van der Waals surface area (Å²) in [6.07, 6.45) is 6.86. The number of hydrogen-bond acceptors (Lipinski definition) is 3. The van der Waals surface area contributed by atoms with E-state index < -0.39 is 0 Å². The van der Waals surface area contributed by atoms with Crippen molar-refractivity contribution in [3.05, 3.63) is 29.6 Å². The Balaban J connectivity index is 2.18. The molecule has 18 heavy (non-hydrogen) atoms. The number of likely N-dealkylation sites (tertiary alicyclic amines) is 1. The van der Waals surface area contributed by atoms with Gasteiger partial charge in [-0.05, 0) is 44.9 Å². The van der Waals surface area contributed by atoms with Gasteiger partial charge in [0.05, 0.1) is 0 Å². The van der Waals surface area contributed by atoms with Gasteiger partial charge in [0.25, 0.3) is 5.91 Å². The van der Waals surface area contributed by atoms with Gasteiger partial charge in [-0.1, -0.05) is 0 Å². The van der Waals surface area contributed by atoms with Crippen LogP contribution in [0.2, 0.25) is 0 Å². The number of likely N-dealkylation sites (N-methyl/N-ethyl adjacent to an activating group) is 1. The molecule has 1 aliphatic rings. The van der Waals surface area contributed by atoms with E-state index in [2.05, 4.69) is 10.3 Å². The van der Waals surface area contributed by atoms with E-state index in [9.17, 15) is 4.79 Å². The van der Waals surface area contributed by atoms with Crippen LogP contribution in [0.4, 0.5) is 0 Å². The van der Waals surface area contributed by atoms with Gasteiger partial charge in [0.2, 0.25) is 0 Å². The molecule has 4 nitrogen and oxygen atoms in total. The molecule has 1 saturated heterocycles. The number of nitrogens with zero attached hydrogens (tertiary/aromatic N) is 2. The first kappa shape index (κ1) is 13.0. The van der Waals surface area contributed by atoms with Gasteiger partial charge in [-0.25, -0.2) is 0 Å². The zero-order chi connectivity index (χ0) is 13.0. The minimum atomic E-state index is 0.148. The highest BCUT2D eigenvalue weighted by atomic mass is 16.2. The molecule has 0 saturated carbocycles. The standard InChI is InChI=1S/C14H21N3O/c1-11-9-16-7-6-13(11)14(18)17-8-4-3-5-12(17)10-15-2/h6-7,9,12,15H,3-5,8,10H2,1-2H3. The lowest BCUT2D eigenvalue weighted by molar-refractivity contribution is 0.0614. The Labute approximate surface area is 108 Å². The number of amides is 1. The Bertz CT molecular complexity index is 417. The van der Waals surface area contributed by atoms with Crippen molar-refractivity contribution in [3.63, 3.8) is 0 Å². The summed E-state index contributed by atoms with van der Waals surface area (Å²) in [5, 5.41) is 3.18. The van der Waals surface area contributed by atoms with E-state index >= 15 is 0 Å². The zero-order valence-electron chi connectivity index (χ0n) is 11.1. The molecule has 1 aromatic heterocycles. The topological polar surface area (TPSA) is 45.2 Å². The Kier molecular flexibility index (Phi) is 4.31. The summed E-state index contributed by atoms with van der Waals surface area (Å²) in [5.41, 5.74) is 1.74. The Morgan fingerprint density at radius 1 is 1.56 bits per heavy atom. The fraction of sp³-hybridized carbons (Fsp3) is 0.571.